The maximum absolute atomic E-state index is 13.9. The molecule has 0 radical (unpaired) electrons. The molecule has 8 heteroatoms. The monoisotopic (exact) mass is 445 g/mol. The number of hydrogen-bond acceptors (Lipinski definition) is 5. The van der Waals surface area contributed by atoms with Crippen LogP contribution in [0.5, 0.6) is 0 Å². The third-order valence-electron chi connectivity index (χ3n) is 6.80. The van der Waals surface area contributed by atoms with Crippen molar-refractivity contribution in [3.63, 3.8) is 0 Å². The van der Waals surface area contributed by atoms with Gasteiger partial charge in [0.15, 0.2) is 5.78 Å². The number of non-ortho nitro benzene ring substituents is 1. The quantitative estimate of drug-likeness (QED) is 0.371. The van der Waals surface area contributed by atoms with Crippen molar-refractivity contribution in [3.05, 3.63) is 105 Å². The van der Waals surface area contributed by atoms with E-state index in [0.717, 1.165) is 5.56 Å². The number of nitro benzene ring substituents is 1. The van der Waals surface area contributed by atoms with Crippen LogP contribution in [0.1, 0.15) is 27.4 Å². The molecule has 166 valence electrons. The van der Waals surface area contributed by atoms with Crippen LogP contribution in [-0.4, -0.2) is 35.1 Å². The third kappa shape index (κ3) is 3.06. The zero-order valence-corrected chi connectivity index (χ0v) is 17.7. The van der Waals surface area contributed by atoms with E-state index in [4.69, 9.17) is 0 Å². The number of nitro groups is 1. The van der Waals surface area contributed by atoms with Crippen LogP contribution in [0.15, 0.2) is 72.8 Å². The van der Waals surface area contributed by atoms with E-state index in [0.29, 0.717) is 23.4 Å². The second-order valence-electron chi connectivity index (χ2n) is 8.45. The topological polar surface area (TPSA) is 92.5 Å². The number of para-hydroxylation sites is 1. The summed E-state index contributed by atoms with van der Waals surface area (Å²) in [7, 11) is 1.80. The molecule has 5 rings (SSSR count). The minimum Gasteiger partial charge on any atom is -0.324 e. The number of fused-ring (bicyclic) bond motifs is 2. The molecule has 3 aromatic carbocycles. The van der Waals surface area contributed by atoms with E-state index >= 15 is 0 Å². The van der Waals surface area contributed by atoms with Crippen LogP contribution < -0.4 is 5.32 Å². The Labute approximate surface area is 189 Å². The van der Waals surface area contributed by atoms with Gasteiger partial charge in [0.1, 0.15) is 11.4 Å². The lowest BCUT2D eigenvalue weighted by Crippen LogP contribution is -2.51. The number of halogens is 1. The highest BCUT2D eigenvalue weighted by Gasteiger charge is 2.64. The highest BCUT2D eigenvalue weighted by Crippen LogP contribution is 2.55. The molecule has 2 aliphatic rings. The molecule has 2 aliphatic heterocycles. The Bertz CT molecular complexity index is 1280. The number of nitrogens with one attached hydrogen (secondary N) is 1. The molecule has 3 atom stereocenters. The van der Waals surface area contributed by atoms with Gasteiger partial charge in [0.05, 0.1) is 10.8 Å². The molecule has 1 spiro atoms. The third-order valence-corrected chi connectivity index (χ3v) is 6.80. The SMILES string of the molecule is CN1C[C@H](c2ccc([N+](=O)[O-])cc2)[C@@H](C(=O)c2ccc(F)cc2)[C@]12C(=O)Nc1ccccc12. The largest absolute Gasteiger partial charge is 0.324 e. The maximum Gasteiger partial charge on any atom is 0.269 e. The van der Waals surface area contributed by atoms with Crippen LogP contribution >= 0.6 is 0 Å². The Morgan fingerprint density at radius 3 is 2.42 bits per heavy atom. The zero-order chi connectivity index (χ0) is 23.3. The molecular weight excluding hydrogens is 425 g/mol. The highest BCUT2D eigenvalue weighted by atomic mass is 19.1. The van der Waals surface area contributed by atoms with Gasteiger partial charge in [-0.2, -0.15) is 0 Å². The van der Waals surface area contributed by atoms with E-state index in [9.17, 15) is 24.1 Å². The van der Waals surface area contributed by atoms with Crippen molar-refractivity contribution < 1.29 is 18.9 Å². The van der Waals surface area contributed by atoms with Gasteiger partial charge in [0.25, 0.3) is 5.69 Å². The number of ketones is 1. The molecule has 1 amide bonds. The summed E-state index contributed by atoms with van der Waals surface area (Å²) >= 11 is 0. The Balaban J connectivity index is 1.69. The summed E-state index contributed by atoms with van der Waals surface area (Å²) in [5.41, 5.74) is 1.08. The number of benzene rings is 3. The standard InChI is InChI=1S/C25H20FN3O4/c1-28-14-19(15-8-12-18(13-9-15)29(32)33)22(23(30)16-6-10-17(26)11-7-16)25(28)20-4-2-3-5-21(20)27-24(25)31/h2-13,19,22H,14H2,1H3,(H,27,31)/t19-,22+,25-/m1/s1. The van der Waals surface area contributed by atoms with E-state index in [-0.39, 0.29) is 17.4 Å². The second-order valence-corrected chi connectivity index (χ2v) is 8.45. The van der Waals surface area contributed by atoms with Crippen LogP contribution in [0.25, 0.3) is 0 Å². The first-order chi connectivity index (χ1) is 15.8. The highest BCUT2D eigenvalue weighted by molar-refractivity contribution is 6.12. The van der Waals surface area contributed by atoms with Crippen molar-refractivity contribution in [2.75, 3.05) is 18.9 Å². The van der Waals surface area contributed by atoms with Crippen LogP contribution in [0.2, 0.25) is 0 Å². The van der Waals surface area contributed by atoms with Gasteiger partial charge in [0, 0.05) is 41.4 Å². The van der Waals surface area contributed by atoms with Gasteiger partial charge in [0.2, 0.25) is 5.91 Å². The van der Waals surface area contributed by atoms with Gasteiger partial charge in [-0.05, 0) is 42.9 Å². The van der Waals surface area contributed by atoms with Crippen LogP contribution in [0, 0.1) is 21.8 Å². The number of rotatable bonds is 4. The second kappa shape index (κ2) is 7.60. The zero-order valence-electron chi connectivity index (χ0n) is 17.7. The first-order valence-corrected chi connectivity index (χ1v) is 10.5. The molecule has 0 saturated carbocycles. The van der Waals surface area contributed by atoms with Crippen molar-refractivity contribution in [2.24, 2.45) is 5.92 Å². The molecule has 33 heavy (non-hydrogen) atoms. The van der Waals surface area contributed by atoms with Gasteiger partial charge < -0.3 is 5.32 Å². The van der Waals surface area contributed by atoms with E-state index in [1.165, 1.54) is 36.4 Å². The van der Waals surface area contributed by atoms with E-state index < -0.39 is 28.1 Å². The van der Waals surface area contributed by atoms with E-state index in [1.807, 2.05) is 23.1 Å². The van der Waals surface area contributed by atoms with Crippen LogP contribution in [0.4, 0.5) is 15.8 Å². The lowest BCUT2D eigenvalue weighted by Gasteiger charge is -2.35. The van der Waals surface area contributed by atoms with Gasteiger partial charge in [-0.3, -0.25) is 24.6 Å². The Hall–Kier alpha value is -3.91. The number of hydrogen-bond donors (Lipinski definition) is 1. The molecule has 7 nitrogen and oxygen atoms in total. The number of carbonyl (C=O) groups is 2. The average Bonchev–Trinajstić information content (AvgIpc) is 3.29. The molecule has 0 aliphatic carbocycles. The summed E-state index contributed by atoms with van der Waals surface area (Å²) < 4.78 is 13.5. The van der Waals surface area contributed by atoms with Crippen molar-refractivity contribution >= 4 is 23.1 Å². The predicted molar refractivity (Wildman–Crippen MR) is 119 cm³/mol. The molecule has 1 saturated heterocycles. The number of nitrogens with zero attached hydrogens (tertiary/aromatic N) is 2. The summed E-state index contributed by atoms with van der Waals surface area (Å²) in [6.07, 6.45) is 0. The van der Waals surface area contributed by atoms with Crippen LogP contribution in [0.3, 0.4) is 0 Å². The molecule has 0 bridgehead atoms. The van der Waals surface area contributed by atoms with Crippen molar-refractivity contribution in [3.8, 4) is 0 Å². The lowest BCUT2D eigenvalue weighted by atomic mass is 9.70. The fraction of sp³-hybridized carbons (Fsp3) is 0.200. The first kappa shape index (κ1) is 21.0. The average molecular weight is 445 g/mol. The smallest absolute Gasteiger partial charge is 0.269 e. The summed E-state index contributed by atoms with van der Waals surface area (Å²) in [4.78, 5) is 40.0. The van der Waals surface area contributed by atoms with Crippen molar-refractivity contribution in [1.82, 2.24) is 4.90 Å². The number of likely N-dealkylation sites (tertiary alicyclic amines) is 1. The van der Waals surface area contributed by atoms with E-state index in [1.54, 1.807) is 25.2 Å². The molecular formula is C25H20FN3O4. The summed E-state index contributed by atoms with van der Waals surface area (Å²) in [6.45, 7) is 0.386. The first-order valence-electron chi connectivity index (χ1n) is 10.5. The number of carbonyl (C=O) groups excluding carboxylic acids is 2. The Morgan fingerprint density at radius 2 is 1.76 bits per heavy atom. The lowest BCUT2D eigenvalue weighted by molar-refractivity contribution is -0.384. The molecule has 1 fully saturated rings. The van der Waals surface area contributed by atoms with Crippen molar-refractivity contribution in [1.29, 1.82) is 0 Å². The van der Waals surface area contributed by atoms with Gasteiger partial charge in [-0.25, -0.2) is 4.39 Å². The molecule has 3 aromatic rings. The summed E-state index contributed by atoms with van der Waals surface area (Å²) in [6, 6.07) is 18.7. The summed E-state index contributed by atoms with van der Waals surface area (Å²) in [5, 5.41) is 14.0. The predicted octanol–water partition coefficient (Wildman–Crippen LogP) is 4.11. The minimum atomic E-state index is -1.26. The minimum absolute atomic E-state index is 0.0508. The number of amides is 1. The Morgan fingerprint density at radius 1 is 1.09 bits per heavy atom. The number of anilines is 1. The van der Waals surface area contributed by atoms with Gasteiger partial charge >= 0.3 is 0 Å². The fourth-order valence-electron chi connectivity index (χ4n) is 5.33. The number of likely N-dealkylation sites (N-methyl/N-ethyl adjacent to an activating group) is 1. The molecule has 0 unspecified atom stereocenters. The molecule has 1 N–H and O–H groups in total. The Kier molecular flexibility index (Phi) is 4.83. The van der Waals surface area contributed by atoms with E-state index in [2.05, 4.69) is 5.32 Å². The fourth-order valence-corrected chi connectivity index (χ4v) is 5.33. The van der Waals surface area contributed by atoms with Gasteiger partial charge in [-0.1, -0.05) is 30.3 Å². The number of Topliss-reactive ketones (excluding diaryl/α,β-unsaturated/α-hetero) is 1. The van der Waals surface area contributed by atoms with Crippen molar-refractivity contribution in [2.45, 2.75) is 11.5 Å². The van der Waals surface area contributed by atoms with Crippen LogP contribution in [-0.2, 0) is 10.3 Å². The summed E-state index contributed by atoms with van der Waals surface area (Å²) in [5.74, 6) is -2.27. The molecule has 2 heterocycles. The van der Waals surface area contributed by atoms with Gasteiger partial charge in [-0.15, -0.1) is 0 Å². The maximum atomic E-state index is 13.9. The normalized spacial score (nSPS) is 24.0. The molecule has 0 aromatic heterocycles.